The van der Waals surface area contributed by atoms with Gasteiger partial charge in [-0.15, -0.1) is 0 Å². The van der Waals surface area contributed by atoms with Crippen LogP contribution in [0.1, 0.15) is 65.3 Å². The Balaban J connectivity index is 1.58. The number of anilines is 1. The predicted octanol–water partition coefficient (Wildman–Crippen LogP) is 4.05. The van der Waals surface area contributed by atoms with Crippen molar-refractivity contribution in [3.63, 3.8) is 0 Å². The van der Waals surface area contributed by atoms with Gasteiger partial charge < -0.3 is 14.5 Å². The van der Waals surface area contributed by atoms with Gasteiger partial charge in [0.05, 0.1) is 11.4 Å². The van der Waals surface area contributed by atoms with Crippen molar-refractivity contribution >= 4 is 17.7 Å². The second kappa shape index (κ2) is 7.37. The van der Waals surface area contributed by atoms with E-state index < -0.39 is 5.60 Å². The highest BCUT2D eigenvalue weighted by atomic mass is 16.6. The van der Waals surface area contributed by atoms with E-state index in [1.54, 1.807) is 4.90 Å². The van der Waals surface area contributed by atoms with Gasteiger partial charge in [0.2, 0.25) is 5.91 Å². The summed E-state index contributed by atoms with van der Waals surface area (Å²) in [5.41, 5.74) is 2.34. The van der Waals surface area contributed by atoms with Crippen LogP contribution in [-0.4, -0.2) is 47.1 Å². The number of aromatic nitrogens is 1. The predicted molar refractivity (Wildman–Crippen MR) is 110 cm³/mol. The zero-order chi connectivity index (χ0) is 20.7. The average molecular weight is 388 g/mol. The maximum atomic E-state index is 13.0. The van der Waals surface area contributed by atoms with Crippen LogP contribution in [0.4, 0.5) is 10.5 Å². The highest BCUT2D eigenvalue weighted by molar-refractivity contribution is 5.96. The molecule has 1 saturated heterocycles. The van der Waals surface area contributed by atoms with Gasteiger partial charge in [-0.1, -0.05) is 13.8 Å². The molecular formula is C22H33N3O3. The molecule has 28 heavy (non-hydrogen) atoms. The lowest BCUT2D eigenvalue weighted by atomic mass is 9.91. The van der Waals surface area contributed by atoms with Crippen LogP contribution in [0.5, 0.6) is 0 Å². The summed E-state index contributed by atoms with van der Waals surface area (Å²) in [6.07, 6.45) is 1.93. The van der Waals surface area contributed by atoms with Crippen molar-refractivity contribution in [2.24, 2.45) is 5.92 Å². The summed E-state index contributed by atoms with van der Waals surface area (Å²) >= 11 is 0. The minimum Gasteiger partial charge on any atom is -0.444 e. The summed E-state index contributed by atoms with van der Waals surface area (Å²) in [7, 11) is 0. The molecule has 2 aliphatic heterocycles. The van der Waals surface area contributed by atoms with Gasteiger partial charge in [0.15, 0.2) is 0 Å². The second-order valence-corrected chi connectivity index (χ2v) is 9.80. The molecule has 6 nitrogen and oxygen atoms in total. The number of rotatable bonds is 2. The van der Waals surface area contributed by atoms with Crippen LogP contribution in [-0.2, 0) is 14.9 Å². The number of amides is 2. The van der Waals surface area contributed by atoms with Crippen molar-refractivity contribution in [3.05, 3.63) is 23.5 Å². The number of carbonyl (C=O) groups excluding carboxylic acids is 2. The molecule has 1 aromatic rings. The van der Waals surface area contributed by atoms with Gasteiger partial charge in [-0.3, -0.25) is 9.78 Å². The van der Waals surface area contributed by atoms with Crippen molar-refractivity contribution in [2.45, 2.75) is 71.8 Å². The fraction of sp³-hybridized carbons (Fsp3) is 0.682. The fourth-order valence-electron chi connectivity index (χ4n) is 4.05. The molecular weight excluding hydrogens is 354 g/mol. The van der Waals surface area contributed by atoms with E-state index in [2.05, 4.69) is 13.8 Å². The monoisotopic (exact) mass is 387 g/mol. The number of likely N-dealkylation sites (tertiary alicyclic amines) is 1. The van der Waals surface area contributed by atoms with Crippen LogP contribution in [0.25, 0.3) is 0 Å². The lowest BCUT2D eigenvalue weighted by Crippen LogP contribution is -2.43. The van der Waals surface area contributed by atoms with E-state index in [1.807, 2.05) is 44.7 Å². The zero-order valence-corrected chi connectivity index (χ0v) is 18.0. The summed E-state index contributed by atoms with van der Waals surface area (Å²) in [6.45, 7) is 13.9. The van der Waals surface area contributed by atoms with E-state index in [0.717, 1.165) is 29.9 Å². The number of aryl methyl sites for hydroxylation is 1. The Labute approximate surface area is 168 Å². The smallest absolute Gasteiger partial charge is 0.410 e. The fourth-order valence-corrected chi connectivity index (χ4v) is 4.05. The topological polar surface area (TPSA) is 62.7 Å². The molecule has 3 rings (SSSR count). The highest BCUT2D eigenvalue weighted by Gasteiger charge is 2.40. The van der Waals surface area contributed by atoms with Crippen LogP contribution >= 0.6 is 0 Å². The molecule has 0 atom stereocenters. The number of ether oxygens (including phenoxy) is 1. The molecule has 0 radical (unpaired) electrons. The molecule has 3 heterocycles. The Hall–Kier alpha value is -2.11. The van der Waals surface area contributed by atoms with Crippen molar-refractivity contribution in [1.82, 2.24) is 9.88 Å². The summed E-state index contributed by atoms with van der Waals surface area (Å²) < 4.78 is 5.45. The van der Waals surface area contributed by atoms with Crippen LogP contribution in [0.3, 0.4) is 0 Å². The Morgan fingerprint density at radius 1 is 1.21 bits per heavy atom. The third-order valence-electron chi connectivity index (χ3n) is 5.53. The zero-order valence-electron chi connectivity index (χ0n) is 18.0. The van der Waals surface area contributed by atoms with Crippen LogP contribution in [0, 0.1) is 12.8 Å². The number of nitrogens with zero attached hydrogens (tertiary/aromatic N) is 3. The van der Waals surface area contributed by atoms with Crippen molar-refractivity contribution < 1.29 is 14.3 Å². The third kappa shape index (κ3) is 4.47. The number of hydrogen-bond acceptors (Lipinski definition) is 4. The normalized spacial score (nSPS) is 19.5. The van der Waals surface area contributed by atoms with Gasteiger partial charge in [-0.25, -0.2) is 4.79 Å². The van der Waals surface area contributed by atoms with Gasteiger partial charge in [0, 0.05) is 37.2 Å². The molecule has 154 valence electrons. The molecule has 2 aliphatic rings. The van der Waals surface area contributed by atoms with Gasteiger partial charge in [-0.05, 0) is 58.6 Å². The summed E-state index contributed by atoms with van der Waals surface area (Å²) in [4.78, 5) is 33.6. The first-order valence-corrected chi connectivity index (χ1v) is 10.2. The number of carbonyl (C=O) groups is 2. The molecule has 0 spiro atoms. The van der Waals surface area contributed by atoms with E-state index in [4.69, 9.17) is 9.72 Å². The average Bonchev–Trinajstić information content (AvgIpc) is 2.85. The van der Waals surface area contributed by atoms with Gasteiger partial charge >= 0.3 is 6.09 Å². The largest absolute Gasteiger partial charge is 0.444 e. The molecule has 0 saturated carbocycles. The summed E-state index contributed by atoms with van der Waals surface area (Å²) in [6, 6.07) is 4.00. The number of hydrogen-bond donors (Lipinski definition) is 0. The van der Waals surface area contributed by atoms with Crippen LogP contribution < -0.4 is 4.90 Å². The first-order valence-electron chi connectivity index (χ1n) is 10.2. The maximum Gasteiger partial charge on any atom is 0.410 e. The minimum atomic E-state index is -0.480. The quantitative estimate of drug-likeness (QED) is 0.768. The second-order valence-electron chi connectivity index (χ2n) is 9.80. The Morgan fingerprint density at radius 2 is 1.86 bits per heavy atom. The van der Waals surface area contributed by atoms with Gasteiger partial charge in [0.25, 0.3) is 0 Å². The molecule has 0 aliphatic carbocycles. The van der Waals surface area contributed by atoms with Crippen molar-refractivity contribution in [2.75, 3.05) is 24.5 Å². The van der Waals surface area contributed by atoms with E-state index >= 15 is 0 Å². The van der Waals surface area contributed by atoms with Crippen molar-refractivity contribution in [3.8, 4) is 0 Å². The first kappa shape index (κ1) is 20.6. The van der Waals surface area contributed by atoms with E-state index in [1.165, 1.54) is 0 Å². The molecule has 2 amide bonds. The van der Waals surface area contributed by atoms with Gasteiger partial charge in [0.1, 0.15) is 5.60 Å². The lowest BCUT2D eigenvalue weighted by Gasteiger charge is -2.33. The third-order valence-corrected chi connectivity index (χ3v) is 5.53. The highest BCUT2D eigenvalue weighted by Crippen LogP contribution is 2.40. The first-order chi connectivity index (χ1) is 13.0. The number of piperidine rings is 1. The SMILES string of the molecule is Cc1ccc2c(n1)C(C)(C)CN2C(=O)CC1CCN(C(=O)OC(C)(C)C)CC1. The molecule has 0 N–H and O–H groups in total. The van der Waals surface area contributed by atoms with Crippen LogP contribution in [0.2, 0.25) is 0 Å². The van der Waals surface area contributed by atoms with Crippen molar-refractivity contribution in [1.29, 1.82) is 0 Å². The molecule has 1 aromatic heterocycles. The Morgan fingerprint density at radius 3 is 2.46 bits per heavy atom. The molecule has 0 aromatic carbocycles. The molecule has 1 fully saturated rings. The maximum absolute atomic E-state index is 13.0. The molecule has 0 bridgehead atoms. The van der Waals surface area contributed by atoms with Crippen LogP contribution in [0.15, 0.2) is 12.1 Å². The summed E-state index contributed by atoms with van der Waals surface area (Å²) in [5.74, 6) is 0.463. The number of pyridine rings is 1. The number of fused-ring (bicyclic) bond motifs is 1. The van der Waals surface area contributed by atoms with Gasteiger partial charge in [-0.2, -0.15) is 0 Å². The van der Waals surface area contributed by atoms with E-state index in [0.29, 0.717) is 32.0 Å². The standard InChI is InChI=1S/C22H33N3O3/c1-15-7-8-17-19(23-15)22(5,6)14-25(17)18(26)13-16-9-11-24(12-10-16)20(27)28-21(2,3)4/h7-8,16H,9-14H2,1-6H3. The van der Waals surface area contributed by atoms with E-state index in [9.17, 15) is 9.59 Å². The summed E-state index contributed by atoms with van der Waals surface area (Å²) in [5, 5.41) is 0. The lowest BCUT2D eigenvalue weighted by molar-refractivity contribution is -0.119. The molecule has 6 heteroatoms. The van der Waals surface area contributed by atoms with E-state index in [-0.39, 0.29) is 17.4 Å². The Bertz CT molecular complexity index is 759. The minimum absolute atomic E-state index is 0.128. The Kier molecular flexibility index (Phi) is 5.43. The molecule has 0 unspecified atom stereocenters.